The number of nitrogens with zero attached hydrogens (tertiary/aromatic N) is 4. The van der Waals surface area contributed by atoms with Crippen LogP contribution in [0.25, 0.3) is 0 Å². The van der Waals surface area contributed by atoms with Crippen molar-refractivity contribution in [1.82, 2.24) is 25.3 Å². The summed E-state index contributed by atoms with van der Waals surface area (Å²) in [6, 6.07) is 5.59. The monoisotopic (exact) mass is 545 g/mol. The molecule has 10 heteroatoms. The summed E-state index contributed by atoms with van der Waals surface area (Å²) in [6.45, 7) is 2.24. The van der Waals surface area contributed by atoms with E-state index in [9.17, 15) is 14.7 Å². The Labute approximate surface area is 235 Å². The number of pyridine rings is 2. The van der Waals surface area contributed by atoms with E-state index in [4.69, 9.17) is 10.8 Å². The summed E-state index contributed by atoms with van der Waals surface area (Å²) in [4.78, 5) is 41.8. The molecule has 40 heavy (non-hydrogen) atoms. The molecule has 212 valence electrons. The molecule has 3 aromatic rings. The summed E-state index contributed by atoms with van der Waals surface area (Å²) in [5.74, 6) is 5.48. The summed E-state index contributed by atoms with van der Waals surface area (Å²) in [7, 11) is 0. The van der Waals surface area contributed by atoms with Gasteiger partial charge in [-0.05, 0) is 86.6 Å². The van der Waals surface area contributed by atoms with Crippen LogP contribution < -0.4 is 16.6 Å². The quantitative estimate of drug-likeness (QED) is 0.131. The second kappa shape index (κ2) is 14.5. The maximum Gasteiger partial charge on any atom is 0.303 e. The number of aliphatic carboxylic acids is 1. The number of hydrazine groups is 1. The highest BCUT2D eigenvalue weighted by Crippen LogP contribution is 2.26. The normalized spacial score (nSPS) is 13.3. The second-order valence-corrected chi connectivity index (χ2v) is 10.5. The Bertz CT molecular complexity index is 1280. The minimum atomic E-state index is -0.801. The van der Waals surface area contributed by atoms with E-state index >= 15 is 0 Å². The first kappa shape index (κ1) is 29.1. The van der Waals surface area contributed by atoms with Crippen LogP contribution in [0.15, 0.2) is 36.8 Å². The smallest absolute Gasteiger partial charge is 0.303 e. The van der Waals surface area contributed by atoms with Crippen molar-refractivity contribution >= 4 is 17.7 Å². The Hall–Kier alpha value is -3.92. The lowest BCUT2D eigenvalue weighted by atomic mass is 9.91. The van der Waals surface area contributed by atoms with Crippen LogP contribution in [0, 0.1) is 6.92 Å². The van der Waals surface area contributed by atoms with Gasteiger partial charge in [0.25, 0.3) is 5.91 Å². The van der Waals surface area contributed by atoms with Gasteiger partial charge in [-0.3, -0.25) is 14.6 Å². The molecule has 0 radical (unpaired) electrons. The number of aryl methyl sites for hydroxylation is 4. The van der Waals surface area contributed by atoms with Crippen LogP contribution in [-0.2, 0) is 30.6 Å². The molecule has 10 nitrogen and oxygen atoms in total. The number of carbonyl (C=O) groups excluding carboxylic acids is 1. The molecular weight excluding hydrogens is 506 g/mol. The van der Waals surface area contributed by atoms with Gasteiger partial charge in [0.2, 0.25) is 0 Å². The minimum absolute atomic E-state index is 0.0754. The third-order valence-electron chi connectivity index (χ3n) is 7.49. The number of nitrogens with two attached hydrogens (primary N) is 1. The lowest BCUT2D eigenvalue weighted by Crippen LogP contribution is -2.24. The van der Waals surface area contributed by atoms with Crippen LogP contribution in [0.3, 0.4) is 0 Å². The van der Waals surface area contributed by atoms with Crippen molar-refractivity contribution in [2.75, 3.05) is 5.43 Å². The predicted molar refractivity (Wildman–Crippen MR) is 153 cm³/mol. The molecule has 0 saturated carbocycles. The van der Waals surface area contributed by atoms with Crippen LogP contribution in [0.2, 0.25) is 0 Å². The molecule has 3 heterocycles. The highest BCUT2D eigenvalue weighted by molar-refractivity contribution is 5.94. The maximum atomic E-state index is 12.7. The molecule has 0 unspecified atom stereocenters. The van der Waals surface area contributed by atoms with Crippen molar-refractivity contribution in [1.29, 1.82) is 0 Å². The number of carboxylic acids is 1. The molecule has 4 rings (SSSR count). The van der Waals surface area contributed by atoms with E-state index < -0.39 is 5.97 Å². The Kier molecular flexibility index (Phi) is 10.5. The SMILES string of the molecule is Cc1ncc([C@@H](CCCCCCc2nc3c(cc2CNC(=O)c2ccc(NN)nc2)CCCC3)CC(=O)O)cn1. The summed E-state index contributed by atoms with van der Waals surface area (Å²) in [5, 5.41) is 12.4. The number of nitrogens with one attached hydrogen (secondary N) is 2. The molecule has 0 saturated heterocycles. The van der Waals surface area contributed by atoms with Gasteiger partial charge in [-0.2, -0.15) is 0 Å². The largest absolute Gasteiger partial charge is 0.481 e. The zero-order valence-corrected chi connectivity index (χ0v) is 23.2. The Morgan fingerprint density at radius 2 is 1.80 bits per heavy atom. The molecule has 0 bridgehead atoms. The zero-order valence-electron chi connectivity index (χ0n) is 23.2. The fraction of sp³-hybridized carbons (Fsp3) is 0.467. The van der Waals surface area contributed by atoms with Crippen molar-refractivity contribution in [3.05, 3.63) is 76.3 Å². The van der Waals surface area contributed by atoms with Gasteiger partial charge in [0.15, 0.2) is 0 Å². The molecular formula is C30H39N7O3. The van der Waals surface area contributed by atoms with E-state index in [-0.39, 0.29) is 18.2 Å². The Morgan fingerprint density at radius 3 is 2.52 bits per heavy atom. The summed E-state index contributed by atoms with van der Waals surface area (Å²) >= 11 is 0. The second-order valence-electron chi connectivity index (χ2n) is 10.5. The number of rotatable bonds is 14. The zero-order chi connectivity index (χ0) is 28.3. The summed E-state index contributed by atoms with van der Waals surface area (Å²) in [6.07, 6.45) is 15.1. The van der Waals surface area contributed by atoms with Crippen LogP contribution in [0.4, 0.5) is 5.82 Å². The van der Waals surface area contributed by atoms with Crippen molar-refractivity contribution < 1.29 is 14.7 Å². The molecule has 0 aromatic carbocycles. The van der Waals surface area contributed by atoms with E-state index in [2.05, 4.69) is 31.8 Å². The van der Waals surface area contributed by atoms with E-state index in [0.717, 1.165) is 68.2 Å². The number of carboxylic acid groups (broad SMARTS) is 1. The van der Waals surface area contributed by atoms with Crippen molar-refractivity contribution in [2.45, 2.75) is 90.0 Å². The topological polar surface area (TPSA) is 156 Å². The molecule has 5 N–H and O–H groups in total. The van der Waals surface area contributed by atoms with E-state index in [1.165, 1.54) is 30.3 Å². The Morgan fingerprint density at radius 1 is 1.02 bits per heavy atom. The van der Waals surface area contributed by atoms with E-state index in [1.54, 1.807) is 24.5 Å². The number of fused-ring (bicyclic) bond motifs is 1. The molecule has 3 aromatic heterocycles. The number of unbranched alkanes of at least 4 members (excludes halogenated alkanes) is 3. The molecule has 1 amide bonds. The van der Waals surface area contributed by atoms with Crippen LogP contribution in [-0.4, -0.2) is 36.9 Å². The highest BCUT2D eigenvalue weighted by atomic mass is 16.4. The molecule has 0 fully saturated rings. The predicted octanol–water partition coefficient (Wildman–Crippen LogP) is 4.42. The third-order valence-corrected chi connectivity index (χ3v) is 7.49. The van der Waals surface area contributed by atoms with Crippen molar-refractivity contribution in [2.24, 2.45) is 5.84 Å². The standard InChI is InChI=1S/C30H39N7O3/c1-20-32-18-25(19-33-20)21(15-29(38)39)8-4-2-3-5-10-27-24(14-22-9-6-7-11-26(22)36-27)17-35-30(40)23-12-13-28(37-31)34-16-23/h12-14,16,18-19,21H,2-11,15,17,31H2,1H3,(H,34,37)(H,35,40)(H,38,39)/t21-/m0/s1. The van der Waals surface area contributed by atoms with Crippen LogP contribution >= 0.6 is 0 Å². The molecule has 0 aliphatic heterocycles. The number of nitrogen functional groups attached to an aromatic ring is 1. The number of aromatic nitrogens is 4. The number of hydrogen-bond acceptors (Lipinski definition) is 8. The first-order valence-corrected chi connectivity index (χ1v) is 14.1. The highest BCUT2D eigenvalue weighted by Gasteiger charge is 2.18. The summed E-state index contributed by atoms with van der Waals surface area (Å²) < 4.78 is 0. The summed E-state index contributed by atoms with van der Waals surface area (Å²) in [5.41, 5.74) is 8.45. The van der Waals surface area contributed by atoms with Gasteiger partial charge in [-0.15, -0.1) is 0 Å². The molecule has 0 spiro atoms. The number of amides is 1. The van der Waals surface area contributed by atoms with Gasteiger partial charge in [-0.25, -0.2) is 20.8 Å². The van der Waals surface area contributed by atoms with Gasteiger partial charge in [-0.1, -0.05) is 25.3 Å². The first-order chi connectivity index (χ1) is 19.4. The van der Waals surface area contributed by atoms with Gasteiger partial charge in [0.1, 0.15) is 11.6 Å². The van der Waals surface area contributed by atoms with Crippen LogP contribution in [0.5, 0.6) is 0 Å². The lowest BCUT2D eigenvalue weighted by Gasteiger charge is -2.19. The average Bonchev–Trinajstić information content (AvgIpc) is 2.97. The molecule has 1 atom stereocenters. The fourth-order valence-electron chi connectivity index (χ4n) is 5.23. The third kappa shape index (κ3) is 8.29. The van der Waals surface area contributed by atoms with Gasteiger partial charge >= 0.3 is 5.97 Å². The number of hydrogen-bond donors (Lipinski definition) is 4. The van der Waals surface area contributed by atoms with Crippen LogP contribution in [0.1, 0.15) is 102 Å². The van der Waals surface area contributed by atoms with Gasteiger partial charge in [0.05, 0.1) is 12.0 Å². The Balaban J connectivity index is 1.31. The van der Waals surface area contributed by atoms with Gasteiger partial charge in [0, 0.05) is 36.5 Å². The molecule has 1 aliphatic rings. The maximum absolute atomic E-state index is 12.7. The van der Waals surface area contributed by atoms with E-state index in [0.29, 0.717) is 23.8 Å². The van der Waals surface area contributed by atoms with Crippen molar-refractivity contribution in [3.8, 4) is 0 Å². The van der Waals surface area contributed by atoms with Crippen molar-refractivity contribution in [3.63, 3.8) is 0 Å². The minimum Gasteiger partial charge on any atom is -0.481 e. The van der Waals surface area contributed by atoms with E-state index in [1.807, 2.05) is 6.92 Å². The first-order valence-electron chi connectivity index (χ1n) is 14.1. The average molecular weight is 546 g/mol. The fourth-order valence-corrected chi connectivity index (χ4v) is 5.23. The number of anilines is 1. The molecule has 1 aliphatic carbocycles. The van der Waals surface area contributed by atoms with Gasteiger partial charge < -0.3 is 15.8 Å². The number of carbonyl (C=O) groups is 2. The lowest BCUT2D eigenvalue weighted by molar-refractivity contribution is -0.137.